The van der Waals surface area contributed by atoms with E-state index in [4.69, 9.17) is 0 Å². The molecule has 0 atom stereocenters. The number of benzene rings is 2. The van der Waals surface area contributed by atoms with E-state index < -0.39 is 11.7 Å². The maximum absolute atomic E-state index is 12.3. The van der Waals surface area contributed by atoms with E-state index in [1.54, 1.807) is 18.2 Å². The van der Waals surface area contributed by atoms with Crippen LogP contribution in [0, 0.1) is 0 Å². The van der Waals surface area contributed by atoms with Crippen LogP contribution in [-0.4, -0.2) is 31.6 Å². The fourth-order valence-electron chi connectivity index (χ4n) is 2.62. The SMILES string of the molecule is CP(C)c1ccccc1.CP(C)c1ccccc1.FC(F)(F)c1c[n-]c(-c2ccccn2)c1.[Os+]. The summed E-state index contributed by atoms with van der Waals surface area (Å²) in [4.78, 5) is 7.58. The molecule has 2 nitrogen and oxygen atoms in total. The van der Waals surface area contributed by atoms with Crippen LogP contribution in [0.25, 0.3) is 11.4 Å². The fourth-order valence-corrected chi connectivity index (χ4v) is 4.16. The first-order valence-electron chi connectivity index (χ1n) is 10.2. The van der Waals surface area contributed by atoms with Crippen molar-refractivity contribution in [1.82, 2.24) is 9.97 Å². The van der Waals surface area contributed by atoms with Crippen LogP contribution in [0.2, 0.25) is 0 Å². The van der Waals surface area contributed by atoms with Crippen LogP contribution in [0.4, 0.5) is 13.2 Å². The molecular formula is C26H28F3N2OsP2. The zero-order valence-electron chi connectivity index (χ0n) is 19.5. The van der Waals surface area contributed by atoms with Gasteiger partial charge in [-0.2, -0.15) is 19.4 Å². The molecule has 0 amide bonds. The second kappa shape index (κ2) is 15.2. The fraction of sp³-hybridized carbons (Fsp3) is 0.192. The topological polar surface area (TPSA) is 27.0 Å². The molecular weight excluding hydrogens is 649 g/mol. The molecule has 2 heterocycles. The molecule has 0 saturated heterocycles. The van der Waals surface area contributed by atoms with Gasteiger partial charge in [0.1, 0.15) is 0 Å². The third kappa shape index (κ3) is 10.6. The number of halogens is 3. The Morgan fingerprint density at radius 2 is 1.18 bits per heavy atom. The summed E-state index contributed by atoms with van der Waals surface area (Å²) in [5.74, 6) is 0. The van der Waals surface area contributed by atoms with Gasteiger partial charge in [0, 0.05) is 17.5 Å². The van der Waals surface area contributed by atoms with E-state index in [-0.39, 0.29) is 41.3 Å². The van der Waals surface area contributed by atoms with Crippen LogP contribution in [0.5, 0.6) is 0 Å². The molecule has 0 bridgehead atoms. The molecule has 2 aromatic carbocycles. The minimum absolute atomic E-state index is 0. The number of nitrogens with zero attached hydrogens (tertiary/aromatic N) is 2. The van der Waals surface area contributed by atoms with Crippen molar-refractivity contribution >= 4 is 26.5 Å². The summed E-state index contributed by atoms with van der Waals surface area (Å²) >= 11 is 0. The van der Waals surface area contributed by atoms with Gasteiger partial charge >= 0.3 is 26.0 Å². The average molecular weight is 678 g/mol. The Morgan fingerprint density at radius 1 is 0.706 bits per heavy atom. The van der Waals surface area contributed by atoms with Crippen LogP contribution in [0.15, 0.2) is 97.3 Å². The molecule has 0 aliphatic rings. The van der Waals surface area contributed by atoms with Gasteiger partial charge in [-0.25, -0.2) is 0 Å². The van der Waals surface area contributed by atoms with Crippen LogP contribution >= 0.6 is 15.8 Å². The zero-order chi connectivity index (χ0) is 24.3. The summed E-state index contributed by atoms with van der Waals surface area (Å²) in [5.41, 5.74) is -0.0703. The second-order valence-corrected chi connectivity index (χ2v) is 12.0. The van der Waals surface area contributed by atoms with Gasteiger partial charge in [0.15, 0.2) is 0 Å². The second-order valence-electron chi connectivity index (χ2n) is 7.42. The van der Waals surface area contributed by atoms with Gasteiger partial charge in [-0.1, -0.05) is 88.6 Å². The smallest absolute Gasteiger partial charge is 0.662 e. The van der Waals surface area contributed by atoms with Gasteiger partial charge in [-0.15, -0.1) is 5.69 Å². The van der Waals surface area contributed by atoms with E-state index in [2.05, 4.69) is 97.3 Å². The minimum Gasteiger partial charge on any atom is -0.662 e. The Hall–Kier alpha value is -1.84. The van der Waals surface area contributed by atoms with Gasteiger partial charge < -0.3 is 4.98 Å². The predicted octanol–water partition coefficient (Wildman–Crippen LogP) is 6.83. The first kappa shape index (κ1) is 30.2. The van der Waals surface area contributed by atoms with Crippen molar-refractivity contribution < 1.29 is 33.0 Å². The van der Waals surface area contributed by atoms with Crippen molar-refractivity contribution in [2.45, 2.75) is 6.18 Å². The standard InChI is InChI=1S/C10H6F3N2.2C8H11P.Os/c11-10(12,13)7-5-9(15-6-7)8-3-1-2-4-14-8;2*1-9(2)8-6-4-3-5-7-8;/h1-6H;2*3-7H,1-2H3;/q-1;;;+1. The van der Waals surface area contributed by atoms with Gasteiger partial charge in [0.05, 0.1) is 0 Å². The number of pyridine rings is 1. The zero-order valence-corrected chi connectivity index (χ0v) is 23.8. The first-order chi connectivity index (χ1) is 15.7. The minimum atomic E-state index is -4.35. The van der Waals surface area contributed by atoms with E-state index >= 15 is 0 Å². The predicted molar refractivity (Wildman–Crippen MR) is 138 cm³/mol. The molecule has 181 valence electrons. The molecule has 0 N–H and O–H groups in total. The number of rotatable bonds is 3. The van der Waals surface area contributed by atoms with Crippen molar-refractivity contribution in [2.75, 3.05) is 26.7 Å². The number of hydrogen-bond donors (Lipinski definition) is 0. The van der Waals surface area contributed by atoms with Crippen molar-refractivity contribution in [2.24, 2.45) is 0 Å². The summed E-state index contributed by atoms with van der Waals surface area (Å²) in [6.45, 7) is 9.07. The molecule has 8 heteroatoms. The molecule has 0 aliphatic carbocycles. The van der Waals surface area contributed by atoms with Gasteiger partial charge in [0.25, 0.3) is 0 Å². The molecule has 0 spiro atoms. The van der Waals surface area contributed by atoms with Crippen molar-refractivity contribution in [3.05, 3.63) is 103 Å². The van der Waals surface area contributed by atoms with E-state index in [0.717, 1.165) is 12.3 Å². The summed E-state index contributed by atoms with van der Waals surface area (Å²) in [6, 6.07) is 27.2. The molecule has 34 heavy (non-hydrogen) atoms. The van der Waals surface area contributed by atoms with Crippen LogP contribution in [0.1, 0.15) is 5.56 Å². The van der Waals surface area contributed by atoms with E-state index in [1.165, 1.54) is 16.8 Å². The Morgan fingerprint density at radius 3 is 1.50 bits per heavy atom. The average Bonchev–Trinajstić information content (AvgIpc) is 3.33. The third-order valence-corrected chi connectivity index (χ3v) is 7.10. The van der Waals surface area contributed by atoms with Crippen LogP contribution < -0.4 is 15.6 Å². The summed E-state index contributed by atoms with van der Waals surface area (Å²) < 4.78 is 36.8. The molecule has 0 unspecified atom stereocenters. The molecule has 1 radical (unpaired) electrons. The largest absolute Gasteiger partial charge is 1.00 e. The normalized spacial score (nSPS) is 10.5. The Labute approximate surface area is 216 Å². The molecule has 0 fully saturated rings. The monoisotopic (exact) mass is 679 g/mol. The van der Waals surface area contributed by atoms with E-state index in [1.807, 2.05) is 0 Å². The van der Waals surface area contributed by atoms with Gasteiger partial charge in [0.2, 0.25) is 0 Å². The Bertz CT molecular complexity index is 1010. The van der Waals surface area contributed by atoms with E-state index in [9.17, 15) is 13.2 Å². The van der Waals surface area contributed by atoms with Crippen LogP contribution in [-0.2, 0) is 26.0 Å². The van der Waals surface area contributed by atoms with Crippen molar-refractivity contribution in [1.29, 1.82) is 0 Å². The maximum atomic E-state index is 12.3. The summed E-state index contributed by atoms with van der Waals surface area (Å²) in [7, 11) is 0.209. The summed E-state index contributed by atoms with van der Waals surface area (Å²) in [5, 5.41) is 2.96. The number of aromatic nitrogens is 2. The van der Waals surface area contributed by atoms with Crippen molar-refractivity contribution in [3.8, 4) is 11.4 Å². The molecule has 0 aliphatic heterocycles. The molecule has 4 rings (SSSR count). The van der Waals surface area contributed by atoms with Crippen molar-refractivity contribution in [3.63, 3.8) is 0 Å². The van der Waals surface area contributed by atoms with E-state index in [0.29, 0.717) is 5.69 Å². The first-order valence-corrected chi connectivity index (χ1v) is 14.7. The number of alkyl halides is 3. The van der Waals surface area contributed by atoms with Gasteiger partial charge in [-0.3, -0.25) is 4.98 Å². The third-order valence-electron chi connectivity index (χ3n) is 4.43. The molecule has 2 aromatic heterocycles. The molecule has 4 aromatic rings. The maximum Gasteiger partial charge on any atom is 1.00 e. The Kier molecular flexibility index (Phi) is 13.5. The van der Waals surface area contributed by atoms with Crippen LogP contribution in [0.3, 0.4) is 0 Å². The quantitative estimate of drug-likeness (QED) is 0.223. The van der Waals surface area contributed by atoms with Gasteiger partial charge in [-0.05, 0) is 49.4 Å². The Balaban J connectivity index is 0.000000266. The summed E-state index contributed by atoms with van der Waals surface area (Å²) in [6.07, 6.45) is -2.03. The number of hydrogen-bond acceptors (Lipinski definition) is 1. The molecule has 0 saturated carbocycles.